The van der Waals surface area contributed by atoms with Crippen LogP contribution in [0.3, 0.4) is 0 Å². The molecule has 4 heteroatoms. The summed E-state index contributed by atoms with van der Waals surface area (Å²) in [5.74, 6) is 0. The summed E-state index contributed by atoms with van der Waals surface area (Å²) in [6.45, 7) is 0.556. The maximum Gasteiger partial charge on any atom is 0.186 e. The van der Waals surface area contributed by atoms with Crippen LogP contribution in [0.4, 0.5) is 5.13 Å². The summed E-state index contributed by atoms with van der Waals surface area (Å²) in [5.41, 5.74) is 8.05. The van der Waals surface area contributed by atoms with Gasteiger partial charge in [0.05, 0.1) is 5.69 Å². The zero-order chi connectivity index (χ0) is 12.5. The van der Waals surface area contributed by atoms with Crippen LogP contribution in [0, 0.1) is 0 Å². The number of hydrogen-bond donors (Lipinski definition) is 1. The fourth-order valence-corrected chi connectivity index (χ4v) is 3.06. The van der Waals surface area contributed by atoms with E-state index in [2.05, 4.69) is 24.1 Å². The highest BCUT2D eigenvalue weighted by Gasteiger charge is 2.28. The summed E-state index contributed by atoms with van der Waals surface area (Å²) in [6, 6.07) is 11.0. The van der Waals surface area contributed by atoms with Gasteiger partial charge in [-0.3, -0.25) is 0 Å². The molecule has 0 bridgehead atoms. The lowest BCUT2D eigenvalue weighted by molar-refractivity contribution is 0.909. The number of hydrogen-bond acceptors (Lipinski definition) is 4. The van der Waals surface area contributed by atoms with Gasteiger partial charge in [0.15, 0.2) is 5.13 Å². The molecular weight excluding hydrogens is 242 g/mol. The van der Waals surface area contributed by atoms with Crippen LogP contribution >= 0.6 is 11.3 Å². The molecule has 0 unspecified atom stereocenters. The molecule has 1 aromatic carbocycles. The second-order valence-corrected chi connectivity index (χ2v) is 5.74. The normalized spacial score (nSPS) is 14.8. The molecule has 3 rings (SSSR count). The van der Waals surface area contributed by atoms with Crippen molar-refractivity contribution < 1.29 is 0 Å². The number of nitrogens with zero attached hydrogens (tertiary/aromatic N) is 2. The first-order chi connectivity index (χ1) is 8.79. The topological polar surface area (TPSA) is 42.2 Å². The minimum Gasteiger partial charge on any atom is -0.348 e. The van der Waals surface area contributed by atoms with Gasteiger partial charge in [-0.1, -0.05) is 41.7 Å². The highest BCUT2D eigenvalue weighted by Crippen LogP contribution is 2.37. The van der Waals surface area contributed by atoms with E-state index in [0.717, 1.165) is 16.4 Å². The van der Waals surface area contributed by atoms with Crippen molar-refractivity contribution in [2.45, 2.75) is 25.4 Å². The van der Waals surface area contributed by atoms with E-state index in [1.54, 1.807) is 11.3 Å². The Morgan fingerprint density at radius 1 is 1.33 bits per heavy atom. The Labute approximate surface area is 111 Å². The van der Waals surface area contributed by atoms with E-state index in [1.807, 2.05) is 18.2 Å². The molecule has 1 aromatic heterocycles. The highest BCUT2D eigenvalue weighted by atomic mass is 32.1. The molecule has 1 aliphatic carbocycles. The number of rotatable bonds is 4. The molecule has 0 spiro atoms. The van der Waals surface area contributed by atoms with Gasteiger partial charge in [0, 0.05) is 30.1 Å². The second-order valence-electron chi connectivity index (χ2n) is 4.68. The van der Waals surface area contributed by atoms with Gasteiger partial charge < -0.3 is 10.6 Å². The van der Waals surface area contributed by atoms with Crippen LogP contribution in [0.25, 0.3) is 11.3 Å². The Bertz CT molecular complexity index is 531. The first kappa shape index (κ1) is 11.7. The van der Waals surface area contributed by atoms with E-state index in [1.165, 1.54) is 17.7 Å². The molecular formula is C14H17N3S. The SMILES string of the molecule is CN(c1nc(-c2ccccc2)c(CN)s1)C1CC1. The number of anilines is 1. The van der Waals surface area contributed by atoms with E-state index in [9.17, 15) is 0 Å². The highest BCUT2D eigenvalue weighted by molar-refractivity contribution is 7.16. The van der Waals surface area contributed by atoms with Crippen molar-refractivity contribution in [2.24, 2.45) is 5.73 Å². The Hall–Kier alpha value is -1.39. The van der Waals surface area contributed by atoms with E-state index >= 15 is 0 Å². The number of nitrogens with two attached hydrogens (primary N) is 1. The van der Waals surface area contributed by atoms with Gasteiger partial charge >= 0.3 is 0 Å². The molecule has 18 heavy (non-hydrogen) atoms. The average Bonchev–Trinajstić information content (AvgIpc) is 3.17. The van der Waals surface area contributed by atoms with E-state index in [-0.39, 0.29) is 0 Å². The zero-order valence-electron chi connectivity index (χ0n) is 10.5. The fourth-order valence-electron chi connectivity index (χ4n) is 2.07. The first-order valence-corrected chi connectivity index (χ1v) is 7.09. The third-order valence-corrected chi connectivity index (χ3v) is 4.48. The summed E-state index contributed by atoms with van der Waals surface area (Å²) < 4.78 is 0. The predicted octanol–water partition coefficient (Wildman–Crippen LogP) is 2.87. The second kappa shape index (κ2) is 4.71. The van der Waals surface area contributed by atoms with Crippen LogP contribution < -0.4 is 10.6 Å². The van der Waals surface area contributed by atoms with Crippen molar-refractivity contribution >= 4 is 16.5 Å². The molecule has 2 aromatic rings. The van der Waals surface area contributed by atoms with Gasteiger partial charge in [-0.2, -0.15) is 0 Å². The van der Waals surface area contributed by atoms with Crippen molar-refractivity contribution in [3.8, 4) is 11.3 Å². The van der Waals surface area contributed by atoms with Crippen molar-refractivity contribution in [3.63, 3.8) is 0 Å². The summed E-state index contributed by atoms with van der Waals surface area (Å²) in [6.07, 6.45) is 2.57. The molecule has 1 heterocycles. The van der Waals surface area contributed by atoms with Crippen LogP contribution in [-0.2, 0) is 6.54 Å². The molecule has 0 atom stereocenters. The summed E-state index contributed by atoms with van der Waals surface area (Å²) in [5, 5.41) is 1.09. The van der Waals surface area contributed by atoms with E-state index in [4.69, 9.17) is 10.7 Å². The third-order valence-electron chi connectivity index (χ3n) is 3.31. The van der Waals surface area contributed by atoms with Crippen LogP contribution in [0.1, 0.15) is 17.7 Å². The predicted molar refractivity (Wildman–Crippen MR) is 76.9 cm³/mol. The van der Waals surface area contributed by atoms with Crippen molar-refractivity contribution in [1.82, 2.24) is 4.98 Å². The maximum absolute atomic E-state index is 5.85. The Balaban J connectivity index is 1.98. The van der Waals surface area contributed by atoms with Crippen molar-refractivity contribution in [3.05, 3.63) is 35.2 Å². The van der Waals surface area contributed by atoms with Gasteiger partial charge in [-0.15, -0.1) is 0 Å². The first-order valence-electron chi connectivity index (χ1n) is 6.27. The molecule has 3 nitrogen and oxygen atoms in total. The number of thiazole rings is 1. The molecule has 2 N–H and O–H groups in total. The lowest BCUT2D eigenvalue weighted by atomic mass is 10.1. The molecule has 1 fully saturated rings. The lowest BCUT2D eigenvalue weighted by Crippen LogP contribution is -2.18. The molecule has 0 saturated heterocycles. The maximum atomic E-state index is 5.85. The van der Waals surface area contributed by atoms with Crippen LogP contribution in [0.5, 0.6) is 0 Å². The average molecular weight is 259 g/mol. The van der Waals surface area contributed by atoms with Gasteiger partial charge in [0.1, 0.15) is 0 Å². The fraction of sp³-hybridized carbons (Fsp3) is 0.357. The van der Waals surface area contributed by atoms with Crippen LogP contribution in [0.2, 0.25) is 0 Å². The molecule has 1 aliphatic rings. The standard InChI is InChI=1S/C14H17N3S/c1-17(11-7-8-11)14-16-13(12(9-15)18-14)10-5-3-2-4-6-10/h2-6,11H,7-9,15H2,1H3. The minimum absolute atomic E-state index is 0.556. The van der Waals surface area contributed by atoms with E-state index in [0.29, 0.717) is 12.6 Å². The summed E-state index contributed by atoms with van der Waals surface area (Å²) in [7, 11) is 2.13. The van der Waals surface area contributed by atoms with Gasteiger partial charge in [-0.25, -0.2) is 4.98 Å². The Kier molecular flexibility index (Phi) is 3.06. The van der Waals surface area contributed by atoms with Crippen molar-refractivity contribution in [2.75, 3.05) is 11.9 Å². The summed E-state index contributed by atoms with van der Waals surface area (Å²) in [4.78, 5) is 8.23. The molecule has 0 aliphatic heterocycles. The Morgan fingerprint density at radius 3 is 2.67 bits per heavy atom. The largest absolute Gasteiger partial charge is 0.348 e. The molecule has 0 radical (unpaired) electrons. The number of aromatic nitrogens is 1. The minimum atomic E-state index is 0.556. The van der Waals surface area contributed by atoms with Crippen molar-refractivity contribution in [1.29, 1.82) is 0 Å². The third kappa shape index (κ3) is 2.13. The molecule has 0 amide bonds. The quantitative estimate of drug-likeness (QED) is 0.918. The molecule has 94 valence electrons. The summed E-state index contributed by atoms with van der Waals surface area (Å²) >= 11 is 1.72. The van der Waals surface area contributed by atoms with Gasteiger partial charge in [-0.05, 0) is 12.8 Å². The smallest absolute Gasteiger partial charge is 0.186 e. The zero-order valence-corrected chi connectivity index (χ0v) is 11.3. The lowest BCUT2D eigenvalue weighted by Gasteiger charge is -2.13. The van der Waals surface area contributed by atoms with Crippen LogP contribution in [0.15, 0.2) is 30.3 Å². The number of benzene rings is 1. The monoisotopic (exact) mass is 259 g/mol. The molecule has 1 saturated carbocycles. The van der Waals surface area contributed by atoms with Gasteiger partial charge in [0.2, 0.25) is 0 Å². The van der Waals surface area contributed by atoms with Crippen LogP contribution in [-0.4, -0.2) is 18.1 Å². The van der Waals surface area contributed by atoms with E-state index < -0.39 is 0 Å². The Morgan fingerprint density at radius 2 is 2.06 bits per heavy atom. The van der Waals surface area contributed by atoms with Gasteiger partial charge in [0.25, 0.3) is 0 Å².